The molecule has 0 spiro atoms. The number of hydrogen-bond acceptors (Lipinski definition) is 7. The van der Waals surface area contributed by atoms with Crippen LogP contribution in [0.4, 0.5) is 0 Å². The molecule has 0 saturated carbocycles. The van der Waals surface area contributed by atoms with Gasteiger partial charge in [-0.1, -0.05) is 229 Å². The van der Waals surface area contributed by atoms with Gasteiger partial charge in [-0.25, -0.2) is 0 Å². The smallest absolute Gasteiger partial charge is 0.333 e. The lowest BCUT2D eigenvalue weighted by Crippen LogP contribution is -2.29. The van der Waals surface area contributed by atoms with Crippen molar-refractivity contribution in [2.45, 2.75) is 213 Å². The highest BCUT2D eigenvalue weighted by Gasteiger charge is 2.22. The van der Waals surface area contributed by atoms with Crippen molar-refractivity contribution in [1.29, 1.82) is 0 Å². The van der Waals surface area contributed by atoms with Crippen LogP contribution in [0.1, 0.15) is 205 Å². The van der Waals surface area contributed by atoms with Crippen molar-refractivity contribution in [2.24, 2.45) is 0 Å². The van der Waals surface area contributed by atoms with Crippen molar-refractivity contribution in [3.63, 3.8) is 0 Å². The van der Waals surface area contributed by atoms with Gasteiger partial charge in [0.2, 0.25) is 0 Å². The van der Waals surface area contributed by atoms with Crippen LogP contribution >= 0.6 is 8.60 Å². The van der Waals surface area contributed by atoms with E-state index in [1.54, 1.807) is 0 Å². The van der Waals surface area contributed by atoms with Crippen LogP contribution in [0.15, 0.2) is 60.7 Å². The topological polar surface area (TPSA) is 80.3 Å². The predicted molar refractivity (Wildman–Crippen MR) is 237 cm³/mol. The average molecular weight is 813 g/mol. The van der Waals surface area contributed by atoms with Crippen LogP contribution in [-0.4, -0.2) is 31.3 Å². The molecule has 2 aromatic rings. The fourth-order valence-corrected chi connectivity index (χ4v) is 7.87. The molecule has 324 valence electrons. The van der Waals surface area contributed by atoms with Gasteiger partial charge < -0.3 is 23.0 Å². The molecule has 8 heteroatoms. The lowest BCUT2D eigenvalue weighted by molar-refractivity contribution is -0.161. The highest BCUT2D eigenvalue weighted by Crippen LogP contribution is 2.42. The van der Waals surface area contributed by atoms with Gasteiger partial charge in [0.05, 0.1) is 19.8 Å². The minimum Gasteiger partial charge on any atom is -0.462 e. The van der Waals surface area contributed by atoms with Gasteiger partial charge >= 0.3 is 20.5 Å². The fourth-order valence-electron chi connectivity index (χ4n) is 6.85. The van der Waals surface area contributed by atoms with E-state index in [1.807, 2.05) is 60.7 Å². The van der Waals surface area contributed by atoms with E-state index in [0.717, 1.165) is 49.7 Å². The molecule has 0 radical (unpaired) electrons. The Balaban J connectivity index is 1.76. The molecule has 0 N–H and O–H groups in total. The van der Waals surface area contributed by atoms with Crippen LogP contribution in [0.25, 0.3) is 0 Å². The van der Waals surface area contributed by atoms with E-state index in [-0.39, 0.29) is 25.2 Å². The van der Waals surface area contributed by atoms with E-state index < -0.39 is 14.7 Å². The molecule has 0 amide bonds. The molecule has 0 aliphatic rings. The van der Waals surface area contributed by atoms with E-state index in [4.69, 9.17) is 23.0 Å². The first-order valence-corrected chi connectivity index (χ1v) is 24.3. The molecule has 0 aliphatic heterocycles. The molecule has 0 bridgehead atoms. The Morgan fingerprint density at radius 3 is 1.18 bits per heavy atom. The standard InChI is InChI=1S/C49H81O7P/c1-3-5-7-9-11-13-15-17-19-21-23-25-33-39-48(50)52-43-47(56-49(51)40-34-26-24-22-20-18-16-14-12-10-8-6-4-2)44-55-57(53-41-45-35-29-27-30-36-45)54-42-46-37-31-28-32-38-46/h27-32,35-38,47H,3-26,33-34,39-44H2,1-2H3/t47-/m0/s1. The zero-order valence-corrected chi connectivity index (χ0v) is 37.2. The number of benzene rings is 2. The molecular weight excluding hydrogens is 732 g/mol. The van der Waals surface area contributed by atoms with Gasteiger partial charge in [-0.05, 0) is 24.0 Å². The monoisotopic (exact) mass is 813 g/mol. The van der Waals surface area contributed by atoms with Crippen molar-refractivity contribution in [1.82, 2.24) is 0 Å². The summed E-state index contributed by atoms with van der Waals surface area (Å²) in [5.74, 6) is -0.558. The van der Waals surface area contributed by atoms with Crippen LogP contribution in [0.3, 0.4) is 0 Å². The number of esters is 2. The zero-order chi connectivity index (χ0) is 40.7. The van der Waals surface area contributed by atoms with Crippen LogP contribution in [0, 0.1) is 0 Å². The molecule has 2 rings (SSSR count). The normalized spacial score (nSPS) is 11.9. The van der Waals surface area contributed by atoms with Gasteiger partial charge in [-0.2, -0.15) is 0 Å². The predicted octanol–water partition coefficient (Wildman–Crippen LogP) is 15.1. The van der Waals surface area contributed by atoms with E-state index >= 15 is 0 Å². The third-order valence-electron chi connectivity index (χ3n) is 10.4. The minimum atomic E-state index is -1.78. The second-order valence-corrected chi connectivity index (χ2v) is 17.0. The summed E-state index contributed by atoms with van der Waals surface area (Å²) in [7, 11) is -1.78. The Bertz CT molecular complexity index is 1140. The molecule has 0 heterocycles. The Morgan fingerprint density at radius 1 is 0.439 bits per heavy atom. The third kappa shape index (κ3) is 31.3. The lowest BCUT2D eigenvalue weighted by atomic mass is 10.0. The summed E-state index contributed by atoms with van der Waals surface area (Å²) >= 11 is 0. The SMILES string of the molecule is CCCCCCCCCCCCCCCC(=O)OC[C@@H](COP(OCc1ccccc1)OCc1ccccc1)OC(=O)CCCCCCCCCCCCCCC. The molecule has 0 fully saturated rings. The molecule has 0 unspecified atom stereocenters. The molecule has 57 heavy (non-hydrogen) atoms. The molecule has 2 aromatic carbocycles. The number of unbranched alkanes of at least 4 members (excludes halogenated alkanes) is 24. The van der Waals surface area contributed by atoms with Crippen molar-refractivity contribution in [2.75, 3.05) is 13.2 Å². The maximum Gasteiger partial charge on any atom is 0.333 e. The van der Waals surface area contributed by atoms with Crippen molar-refractivity contribution >= 4 is 20.5 Å². The summed E-state index contributed by atoms with van der Waals surface area (Å²) in [6.45, 7) is 5.12. The van der Waals surface area contributed by atoms with Crippen molar-refractivity contribution in [3.05, 3.63) is 71.8 Å². The van der Waals surface area contributed by atoms with Crippen molar-refractivity contribution in [3.8, 4) is 0 Å². The van der Waals surface area contributed by atoms with E-state index in [0.29, 0.717) is 26.1 Å². The summed E-state index contributed by atoms with van der Waals surface area (Å²) in [5.41, 5.74) is 2.00. The first kappa shape index (κ1) is 50.8. The summed E-state index contributed by atoms with van der Waals surface area (Å²) in [4.78, 5) is 25.8. The molecular formula is C49H81O7P. The van der Waals surface area contributed by atoms with E-state index in [1.165, 1.54) is 128 Å². The van der Waals surface area contributed by atoms with Gasteiger partial charge in [0, 0.05) is 12.8 Å². The molecule has 7 nitrogen and oxygen atoms in total. The van der Waals surface area contributed by atoms with Crippen LogP contribution in [0.2, 0.25) is 0 Å². The van der Waals surface area contributed by atoms with Gasteiger partial charge in [0.15, 0.2) is 6.10 Å². The van der Waals surface area contributed by atoms with Crippen LogP contribution in [0.5, 0.6) is 0 Å². The lowest BCUT2D eigenvalue weighted by Gasteiger charge is -2.22. The quantitative estimate of drug-likeness (QED) is 0.0377. The van der Waals surface area contributed by atoms with E-state index in [2.05, 4.69) is 13.8 Å². The van der Waals surface area contributed by atoms with Gasteiger partial charge in [-0.3, -0.25) is 9.59 Å². The van der Waals surface area contributed by atoms with Gasteiger partial charge in [0.25, 0.3) is 0 Å². The molecule has 0 aromatic heterocycles. The Hall–Kier alpha value is -2.31. The van der Waals surface area contributed by atoms with Crippen LogP contribution < -0.4 is 0 Å². The number of hydrogen-bond donors (Lipinski definition) is 0. The summed E-state index contributed by atoms with van der Waals surface area (Å²) < 4.78 is 29.8. The first-order valence-electron chi connectivity index (χ1n) is 23.2. The van der Waals surface area contributed by atoms with Gasteiger partial charge in [0.1, 0.15) is 6.61 Å². The number of rotatable bonds is 40. The summed E-state index contributed by atoms with van der Waals surface area (Å²) in [6, 6.07) is 19.7. The van der Waals surface area contributed by atoms with Crippen LogP contribution in [-0.2, 0) is 45.8 Å². The second kappa shape index (κ2) is 37.9. The number of carbonyl (C=O) groups excluding carboxylic acids is 2. The summed E-state index contributed by atoms with van der Waals surface area (Å²) in [5, 5.41) is 0. The third-order valence-corrected chi connectivity index (χ3v) is 11.5. The Kier molecular flexibility index (Phi) is 33.8. The Labute approximate surface area is 350 Å². The van der Waals surface area contributed by atoms with E-state index in [9.17, 15) is 9.59 Å². The molecule has 0 aliphatic carbocycles. The Morgan fingerprint density at radius 2 is 0.789 bits per heavy atom. The van der Waals surface area contributed by atoms with Crippen molar-refractivity contribution < 1.29 is 32.6 Å². The maximum atomic E-state index is 13.0. The van der Waals surface area contributed by atoms with Gasteiger partial charge in [-0.15, -0.1) is 0 Å². The second-order valence-electron chi connectivity index (χ2n) is 15.8. The highest BCUT2D eigenvalue weighted by molar-refractivity contribution is 7.41. The minimum absolute atomic E-state index is 0.00560. The molecule has 0 saturated heterocycles. The highest BCUT2D eigenvalue weighted by atomic mass is 31.2. The zero-order valence-electron chi connectivity index (χ0n) is 36.3. The fraction of sp³-hybridized carbons (Fsp3) is 0.714. The summed E-state index contributed by atoms with van der Waals surface area (Å²) in [6.07, 6.45) is 32.5. The number of ether oxygens (including phenoxy) is 2. The first-order chi connectivity index (χ1) is 28.1. The number of carbonyl (C=O) groups is 2. The average Bonchev–Trinajstić information content (AvgIpc) is 3.23. The molecule has 1 atom stereocenters. The maximum absolute atomic E-state index is 13.0. The largest absolute Gasteiger partial charge is 0.462 e.